The third-order valence-electron chi connectivity index (χ3n) is 7.71. The number of halogens is 2. The molecule has 1 saturated carbocycles. The first-order chi connectivity index (χ1) is 17.4. The third-order valence-corrected chi connectivity index (χ3v) is 8.75. The van der Waals surface area contributed by atoms with Gasteiger partial charge in [-0.1, -0.05) is 162 Å². The fourth-order valence-electron chi connectivity index (χ4n) is 5.49. The van der Waals surface area contributed by atoms with Crippen molar-refractivity contribution in [2.24, 2.45) is 11.3 Å². The Morgan fingerprint density at radius 3 is 2.11 bits per heavy atom. The molecule has 0 spiro atoms. The Bertz CT molecular complexity index is 831. The van der Waals surface area contributed by atoms with Crippen molar-refractivity contribution in [3.05, 3.63) is 67.7 Å². The molecule has 2 unspecified atom stereocenters. The Balaban J connectivity index is 0.000000982. The molecule has 2 atom stereocenters. The first-order valence-electron chi connectivity index (χ1n) is 15.0. The first-order valence-corrected chi connectivity index (χ1v) is 16.6. The van der Waals surface area contributed by atoms with Crippen molar-refractivity contribution in [1.29, 1.82) is 0 Å². The van der Waals surface area contributed by atoms with E-state index < -0.39 is 0 Å². The minimum Gasteiger partial charge on any atom is -0.0728 e. The minimum atomic E-state index is 0.153. The van der Waals surface area contributed by atoms with Crippen LogP contribution in [0.25, 0.3) is 0 Å². The highest BCUT2D eigenvalue weighted by Crippen LogP contribution is 2.58. The second-order valence-corrected chi connectivity index (χ2v) is 12.1. The Morgan fingerprint density at radius 2 is 1.50 bits per heavy atom. The van der Waals surface area contributed by atoms with Crippen molar-refractivity contribution < 1.29 is 0 Å². The molecule has 0 saturated heterocycles. The molecule has 0 radical (unpaired) electrons. The molecule has 0 N–H and O–H groups in total. The molecule has 0 nitrogen and oxygen atoms in total. The van der Waals surface area contributed by atoms with Gasteiger partial charge in [0.1, 0.15) is 0 Å². The number of hydrogen-bond donors (Lipinski definition) is 0. The SMILES string of the molecule is CC.CCCC.CCCCCC(CC)CC1(CCCC)C2=CC(Br)=CC=C(C2)C2=CCC=C(Br)C=C21. The molecular formula is C34H54Br2. The number of unbranched alkanes of at least 4 members (excludes halogenated alkanes) is 4. The van der Waals surface area contributed by atoms with Gasteiger partial charge in [-0.2, -0.15) is 0 Å². The van der Waals surface area contributed by atoms with Crippen LogP contribution in [-0.4, -0.2) is 0 Å². The molecule has 2 bridgehead atoms. The summed E-state index contributed by atoms with van der Waals surface area (Å²) in [4.78, 5) is 0. The summed E-state index contributed by atoms with van der Waals surface area (Å²) in [5.41, 5.74) is 6.35. The van der Waals surface area contributed by atoms with E-state index in [9.17, 15) is 0 Å². The van der Waals surface area contributed by atoms with Crippen molar-refractivity contribution in [2.45, 2.75) is 132 Å². The average molecular weight is 623 g/mol. The van der Waals surface area contributed by atoms with E-state index in [1.807, 2.05) is 13.8 Å². The first kappa shape index (κ1) is 33.4. The lowest BCUT2D eigenvalue weighted by Crippen LogP contribution is -2.34. The van der Waals surface area contributed by atoms with Gasteiger partial charge in [0.25, 0.3) is 0 Å². The van der Waals surface area contributed by atoms with Crippen LogP contribution in [0.4, 0.5) is 0 Å². The van der Waals surface area contributed by atoms with Gasteiger partial charge >= 0.3 is 0 Å². The standard InChI is InChI=1S/C28H38Br2.C4H10.C2H6/c1-4-7-9-11-21(6-3)20-28(16-8-5-2)23-17-22(14-15-25(30)18-23)26-13-10-12-24(29)19-27(26)28;1-3-4-2;1-2/h12-15,18-19,21H,4-11,16-17,20H2,1-3H3;3-4H2,1-2H3;1-2H3. The van der Waals surface area contributed by atoms with E-state index in [0.717, 1.165) is 18.8 Å². The smallest absolute Gasteiger partial charge is 0.0177 e. The molecule has 36 heavy (non-hydrogen) atoms. The average Bonchev–Trinajstić information content (AvgIpc) is 3.21. The van der Waals surface area contributed by atoms with E-state index >= 15 is 0 Å². The molecule has 0 aromatic rings. The summed E-state index contributed by atoms with van der Waals surface area (Å²) in [6.07, 6.45) is 30.9. The summed E-state index contributed by atoms with van der Waals surface area (Å²) in [5.74, 6) is 0.791. The van der Waals surface area contributed by atoms with Gasteiger partial charge in [-0.15, -0.1) is 0 Å². The highest BCUT2D eigenvalue weighted by Gasteiger charge is 2.44. The maximum absolute atomic E-state index is 3.86. The molecule has 0 heterocycles. The zero-order chi connectivity index (χ0) is 27.0. The van der Waals surface area contributed by atoms with Crippen LogP contribution in [0.5, 0.6) is 0 Å². The Morgan fingerprint density at radius 1 is 0.806 bits per heavy atom. The normalized spacial score (nSPS) is 21.2. The fraction of sp³-hybridized carbons (Fsp3) is 0.647. The summed E-state index contributed by atoms with van der Waals surface area (Å²) < 4.78 is 2.47. The summed E-state index contributed by atoms with van der Waals surface area (Å²) in [7, 11) is 0. The Labute approximate surface area is 241 Å². The van der Waals surface area contributed by atoms with Gasteiger partial charge in [-0.3, -0.25) is 0 Å². The molecule has 0 aromatic heterocycles. The summed E-state index contributed by atoms with van der Waals surface area (Å²) in [6.45, 7) is 15.4. The summed E-state index contributed by atoms with van der Waals surface area (Å²) in [5, 5.41) is 0. The maximum Gasteiger partial charge on any atom is 0.0177 e. The number of allylic oxidation sites excluding steroid dienone is 12. The number of hydrogen-bond acceptors (Lipinski definition) is 0. The van der Waals surface area contributed by atoms with Crippen LogP contribution in [0.2, 0.25) is 0 Å². The van der Waals surface area contributed by atoms with Crippen molar-refractivity contribution >= 4 is 31.9 Å². The van der Waals surface area contributed by atoms with Gasteiger partial charge in [0.15, 0.2) is 0 Å². The molecule has 0 amide bonds. The fourth-order valence-corrected chi connectivity index (χ4v) is 6.32. The molecule has 3 aliphatic carbocycles. The molecule has 0 aromatic carbocycles. The van der Waals surface area contributed by atoms with Crippen LogP contribution in [0, 0.1) is 11.3 Å². The highest BCUT2D eigenvalue weighted by atomic mass is 79.9. The van der Waals surface area contributed by atoms with E-state index in [-0.39, 0.29) is 5.41 Å². The monoisotopic (exact) mass is 620 g/mol. The molecule has 0 aliphatic heterocycles. The van der Waals surface area contributed by atoms with E-state index in [1.165, 1.54) is 90.7 Å². The zero-order valence-electron chi connectivity index (χ0n) is 24.5. The van der Waals surface area contributed by atoms with Gasteiger partial charge in [0, 0.05) is 14.4 Å². The number of rotatable bonds is 11. The lowest BCUT2D eigenvalue weighted by molar-refractivity contribution is 0.258. The van der Waals surface area contributed by atoms with Gasteiger partial charge < -0.3 is 0 Å². The predicted octanol–water partition coefficient (Wildman–Crippen LogP) is 13.1. The van der Waals surface area contributed by atoms with Crippen LogP contribution in [0.15, 0.2) is 67.7 Å². The highest BCUT2D eigenvalue weighted by molar-refractivity contribution is 9.12. The van der Waals surface area contributed by atoms with Crippen molar-refractivity contribution in [1.82, 2.24) is 0 Å². The second kappa shape index (κ2) is 18.6. The van der Waals surface area contributed by atoms with Gasteiger partial charge in [-0.05, 0) is 66.5 Å². The van der Waals surface area contributed by atoms with Gasteiger partial charge in [0.2, 0.25) is 0 Å². The van der Waals surface area contributed by atoms with E-state index in [4.69, 9.17) is 0 Å². The van der Waals surface area contributed by atoms with Crippen LogP contribution < -0.4 is 0 Å². The van der Waals surface area contributed by atoms with Crippen molar-refractivity contribution in [2.75, 3.05) is 0 Å². The molecule has 3 rings (SSSR count). The van der Waals surface area contributed by atoms with Crippen LogP contribution in [0.1, 0.15) is 132 Å². The topological polar surface area (TPSA) is 0 Å². The lowest BCUT2D eigenvalue weighted by atomic mass is 9.57. The van der Waals surface area contributed by atoms with Crippen LogP contribution >= 0.6 is 31.9 Å². The second-order valence-electron chi connectivity index (χ2n) is 10.3. The summed E-state index contributed by atoms with van der Waals surface area (Å²) in [6, 6.07) is 0. The van der Waals surface area contributed by atoms with Crippen LogP contribution in [-0.2, 0) is 0 Å². The predicted molar refractivity (Wildman–Crippen MR) is 172 cm³/mol. The van der Waals surface area contributed by atoms with E-state index in [0.29, 0.717) is 0 Å². The van der Waals surface area contributed by atoms with E-state index in [1.54, 1.807) is 11.1 Å². The Hall–Kier alpha value is -0.600. The maximum atomic E-state index is 3.86. The van der Waals surface area contributed by atoms with Gasteiger partial charge in [0.05, 0.1) is 0 Å². The summed E-state index contributed by atoms with van der Waals surface area (Å²) >= 11 is 7.69. The van der Waals surface area contributed by atoms with Crippen LogP contribution in [0.3, 0.4) is 0 Å². The Kier molecular flexibility index (Phi) is 17.3. The molecule has 3 aliphatic rings. The largest absolute Gasteiger partial charge is 0.0728 e. The van der Waals surface area contributed by atoms with E-state index in [2.05, 4.69) is 103 Å². The number of fused-ring (bicyclic) bond motifs is 4. The zero-order valence-corrected chi connectivity index (χ0v) is 27.7. The molecule has 2 heteroatoms. The van der Waals surface area contributed by atoms with Crippen molar-refractivity contribution in [3.8, 4) is 0 Å². The quantitative estimate of drug-likeness (QED) is 0.201. The van der Waals surface area contributed by atoms with Gasteiger partial charge in [-0.25, -0.2) is 0 Å². The molecular weight excluding hydrogens is 568 g/mol. The third kappa shape index (κ3) is 9.61. The lowest BCUT2D eigenvalue weighted by Gasteiger charge is -2.46. The minimum absolute atomic E-state index is 0.153. The molecule has 1 fully saturated rings. The molecule has 204 valence electrons. The van der Waals surface area contributed by atoms with Crippen molar-refractivity contribution in [3.63, 3.8) is 0 Å².